The lowest BCUT2D eigenvalue weighted by molar-refractivity contribution is -0.122. The average Bonchev–Trinajstić information content (AvgIpc) is 2.60. The first-order valence-corrected chi connectivity index (χ1v) is 9.37. The molecule has 2 N–H and O–H groups in total. The number of rotatable bonds is 7. The molecule has 2 rings (SSSR count). The van der Waals surface area contributed by atoms with E-state index < -0.39 is 22.0 Å². The van der Waals surface area contributed by atoms with Crippen LogP contribution >= 0.6 is 11.6 Å². The van der Waals surface area contributed by atoms with Crippen molar-refractivity contribution in [3.8, 4) is 5.75 Å². The van der Waals surface area contributed by atoms with Gasteiger partial charge >= 0.3 is 0 Å². The fraction of sp³-hybridized carbons (Fsp3) is 0.235. The highest BCUT2D eigenvalue weighted by Gasteiger charge is 2.22. The van der Waals surface area contributed by atoms with Gasteiger partial charge in [0.2, 0.25) is 15.9 Å². The van der Waals surface area contributed by atoms with Crippen LogP contribution in [-0.4, -0.2) is 27.5 Å². The van der Waals surface area contributed by atoms with E-state index in [0.717, 1.165) is 5.56 Å². The van der Waals surface area contributed by atoms with Gasteiger partial charge in [-0.1, -0.05) is 29.8 Å². The zero-order chi connectivity index (χ0) is 18.4. The van der Waals surface area contributed by atoms with E-state index in [-0.39, 0.29) is 11.4 Å². The van der Waals surface area contributed by atoms with E-state index >= 15 is 0 Å². The number of sulfonamides is 1. The number of halogens is 1. The SMILES string of the molecule is COc1ccc(S(=O)(=O)N[C@@H](C)C(=O)NCc2ccccc2Cl)cc1. The number of nitrogens with one attached hydrogen (secondary N) is 2. The predicted molar refractivity (Wildman–Crippen MR) is 96.1 cm³/mol. The molecule has 2 aromatic carbocycles. The van der Waals surface area contributed by atoms with Crippen molar-refractivity contribution in [1.82, 2.24) is 10.0 Å². The summed E-state index contributed by atoms with van der Waals surface area (Å²) in [5.74, 6) is 0.0986. The molecular formula is C17H19ClN2O4S. The Bertz CT molecular complexity index is 838. The van der Waals surface area contributed by atoms with Gasteiger partial charge in [0.25, 0.3) is 0 Å². The van der Waals surface area contributed by atoms with Crippen LogP contribution in [0.4, 0.5) is 0 Å². The quantitative estimate of drug-likeness (QED) is 0.769. The topological polar surface area (TPSA) is 84.5 Å². The molecule has 8 heteroatoms. The summed E-state index contributed by atoms with van der Waals surface area (Å²) in [5.41, 5.74) is 0.753. The summed E-state index contributed by atoms with van der Waals surface area (Å²) in [7, 11) is -2.32. The lowest BCUT2D eigenvalue weighted by Gasteiger charge is -2.15. The third-order valence-electron chi connectivity index (χ3n) is 3.51. The number of ether oxygens (including phenoxy) is 1. The van der Waals surface area contributed by atoms with E-state index in [2.05, 4.69) is 10.0 Å². The molecule has 0 aliphatic carbocycles. The molecule has 0 saturated carbocycles. The Morgan fingerprint density at radius 1 is 1.16 bits per heavy atom. The molecular weight excluding hydrogens is 364 g/mol. The highest BCUT2D eigenvalue weighted by atomic mass is 35.5. The van der Waals surface area contributed by atoms with Crippen LogP contribution in [0.1, 0.15) is 12.5 Å². The van der Waals surface area contributed by atoms with Crippen molar-refractivity contribution < 1.29 is 17.9 Å². The normalized spacial score (nSPS) is 12.4. The zero-order valence-corrected chi connectivity index (χ0v) is 15.4. The summed E-state index contributed by atoms with van der Waals surface area (Å²) in [6, 6.07) is 12.1. The average molecular weight is 383 g/mol. The zero-order valence-electron chi connectivity index (χ0n) is 13.8. The van der Waals surface area contributed by atoms with Crippen molar-refractivity contribution in [3.05, 3.63) is 59.1 Å². The van der Waals surface area contributed by atoms with E-state index in [9.17, 15) is 13.2 Å². The Morgan fingerprint density at radius 2 is 1.80 bits per heavy atom. The lowest BCUT2D eigenvalue weighted by Crippen LogP contribution is -2.44. The summed E-state index contributed by atoms with van der Waals surface area (Å²) in [6.45, 7) is 1.69. The fourth-order valence-electron chi connectivity index (χ4n) is 2.09. The molecule has 25 heavy (non-hydrogen) atoms. The van der Waals surface area contributed by atoms with Crippen LogP contribution in [0, 0.1) is 0 Å². The molecule has 1 amide bonds. The molecule has 0 aliphatic rings. The fourth-order valence-corrected chi connectivity index (χ4v) is 3.49. The Hall–Kier alpha value is -2.09. The molecule has 0 aromatic heterocycles. The number of carbonyl (C=O) groups is 1. The molecule has 134 valence electrons. The van der Waals surface area contributed by atoms with Gasteiger partial charge in [-0.2, -0.15) is 4.72 Å². The Kier molecular flexibility index (Phi) is 6.41. The van der Waals surface area contributed by atoms with Gasteiger partial charge in [0.15, 0.2) is 0 Å². The minimum absolute atomic E-state index is 0.0547. The first-order valence-electron chi connectivity index (χ1n) is 7.51. The smallest absolute Gasteiger partial charge is 0.241 e. The van der Waals surface area contributed by atoms with Crippen LogP contribution in [0.2, 0.25) is 5.02 Å². The molecule has 2 aromatic rings. The van der Waals surface area contributed by atoms with Crippen LogP contribution < -0.4 is 14.8 Å². The molecule has 0 unspecified atom stereocenters. The predicted octanol–water partition coefficient (Wildman–Crippen LogP) is 2.33. The van der Waals surface area contributed by atoms with E-state index in [1.807, 2.05) is 6.07 Å². The maximum atomic E-state index is 12.3. The number of benzene rings is 2. The minimum Gasteiger partial charge on any atom is -0.497 e. The molecule has 0 fully saturated rings. The highest BCUT2D eigenvalue weighted by molar-refractivity contribution is 7.89. The second-order valence-corrected chi connectivity index (χ2v) is 7.45. The highest BCUT2D eigenvalue weighted by Crippen LogP contribution is 2.16. The summed E-state index contributed by atoms with van der Waals surface area (Å²) in [4.78, 5) is 12.2. The number of methoxy groups -OCH3 is 1. The third kappa shape index (κ3) is 5.19. The standard InChI is InChI=1S/C17H19ClN2O4S/c1-12(17(21)19-11-13-5-3-4-6-16(13)18)20-25(22,23)15-9-7-14(24-2)8-10-15/h3-10,12,20H,11H2,1-2H3,(H,19,21)/t12-/m0/s1. The van der Waals surface area contributed by atoms with Crippen molar-refractivity contribution in [3.63, 3.8) is 0 Å². The van der Waals surface area contributed by atoms with Crippen molar-refractivity contribution >= 4 is 27.5 Å². The lowest BCUT2D eigenvalue weighted by atomic mass is 10.2. The van der Waals surface area contributed by atoms with Gasteiger partial charge in [-0.15, -0.1) is 0 Å². The molecule has 0 bridgehead atoms. The van der Waals surface area contributed by atoms with Gasteiger partial charge in [0.05, 0.1) is 18.0 Å². The summed E-state index contributed by atoms with van der Waals surface area (Å²) >= 11 is 6.03. The van der Waals surface area contributed by atoms with E-state index in [0.29, 0.717) is 10.8 Å². The van der Waals surface area contributed by atoms with E-state index in [4.69, 9.17) is 16.3 Å². The molecule has 0 spiro atoms. The number of amides is 1. The first kappa shape index (κ1) is 19.2. The number of hydrogen-bond acceptors (Lipinski definition) is 4. The van der Waals surface area contributed by atoms with E-state index in [1.54, 1.807) is 18.2 Å². The monoisotopic (exact) mass is 382 g/mol. The summed E-state index contributed by atoms with van der Waals surface area (Å²) in [6.07, 6.45) is 0. The molecule has 6 nitrogen and oxygen atoms in total. The van der Waals surface area contributed by atoms with Crippen LogP contribution in [-0.2, 0) is 21.4 Å². The molecule has 0 aliphatic heterocycles. The van der Waals surface area contributed by atoms with Gasteiger partial charge in [-0.25, -0.2) is 8.42 Å². The molecule has 0 saturated heterocycles. The Labute approximate surface area is 152 Å². The van der Waals surface area contributed by atoms with Gasteiger partial charge in [0.1, 0.15) is 5.75 Å². The molecule has 0 heterocycles. The molecule has 1 atom stereocenters. The van der Waals surface area contributed by atoms with Crippen LogP contribution in [0.3, 0.4) is 0 Å². The molecule has 0 radical (unpaired) electrons. The Balaban J connectivity index is 1.98. The van der Waals surface area contributed by atoms with Crippen molar-refractivity contribution in [2.45, 2.75) is 24.4 Å². The van der Waals surface area contributed by atoms with Gasteiger partial charge < -0.3 is 10.1 Å². The van der Waals surface area contributed by atoms with Crippen molar-refractivity contribution in [2.24, 2.45) is 0 Å². The Morgan fingerprint density at radius 3 is 2.40 bits per heavy atom. The first-order chi connectivity index (χ1) is 11.8. The van der Waals surface area contributed by atoms with Gasteiger partial charge in [0, 0.05) is 11.6 Å². The largest absolute Gasteiger partial charge is 0.497 e. The summed E-state index contributed by atoms with van der Waals surface area (Å²) in [5, 5.41) is 3.20. The number of carbonyl (C=O) groups excluding carboxylic acids is 1. The third-order valence-corrected chi connectivity index (χ3v) is 5.43. The second kappa shape index (κ2) is 8.33. The van der Waals surface area contributed by atoms with Crippen LogP contribution in [0.5, 0.6) is 5.75 Å². The van der Waals surface area contributed by atoms with Crippen LogP contribution in [0.25, 0.3) is 0 Å². The maximum absolute atomic E-state index is 12.3. The second-order valence-electron chi connectivity index (χ2n) is 5.33. The van der Waals surface area contributed by atoms with Gasteiger partial charge in [-0.05, 0) is 42.8 Å². The van der Waals surface area contributed by atoms with Gasteiger partial charge in [-0.3, -0.25) is 4.79 Å². The minimum atomic E-state index is -3.81. The summed E-state index contributed by atoms with van der Waals surface area (Å²) < 4.78 is 32.0. The van der Waals surface area contributed by atoms with Crippen LogP contribution in [0.15, 0.2) is 53.4 Å². The van der Waals surface area contributed by atoms with E-state index in [1.165, 1.54) is 38.3 Å². The van der Waals surface area contributed by atoms with Crippen molar-refractivity contribution in [1.29, 1.82) is 0 Å². The number of hydrogen-bond donors (Lipinski definition) is 2. The van der Waals surface area contributed by atoms with Crippen molar-refractivity contribution in [2.75, 3.05) is 7.11 Å². The maximum Gasteiger partial charge on any atom is 0.241 e.